The Morgan fingerprint density at radius 1 is 1.25 bits per heavy atom. The summed E-state index contributed by atoms with van der Waals surface area (Å²) in [5.41, 5.74) is 8.50. The smallest absolute Gasteiger partial charge is 0.259 e. The third-order valence-electron chi connectivity index (χ3n) is 4.58. The van der Waals surface area contributed by atoms with Gasteiger partial charge in [-0.1, -0.05) is 18.3 Å². The summed E-state index contributed by atoms with van der Waals surface area (Å²) >= 11 is 2.60. The van der Waals surface area contributed by atoms with Crippen molar-refractivity contribution in [1.29, 1.82) is 0 Å². The first-order valence-corrected chi connectivity index (χ1v) is 12.0. The lowest BCUT2D eigenvalue weighted by molar-refractivity contribution is 0.100. The maximum atomic E-state index is 12.2. The van der Waals surface area contributed by atoms with E-state index in [1.54, 1.807) is 24.3 Å². The van der Waals surface area contributed by atoms with Gasteiger partial charge in [0.05, 0.1) is 26.0 Å². The van der Waals surface area contributed by atoms with E-state index in [-0.39, 0.29) is 10.6 Å². The molecule has 1 amide bonds. The molecule has 0 aliphatic heterocycles. The highest BCUT2D eigenvalue weighted by molar-refractivity contribution is 7.91. The van der Waals surface area contributed by atoms with Gasteiger partial charge in [0, 0.05) is 6.20 Å². The fraction of sp³-hybridized carbons (Fsp3) is 0.263. The number of nitrogens with zero attached hydrogens (tertiary/aromatic N) is 1. The third-order valence-corrected chi connectivity index (χ3v) is 8.50. The first-order valence-electron chi connectivity index (χ1n) is 8.80. The molecule has 9 heteroatoms. The van der Waals surface area contributed by atoms with Gasteiger partial charge in [0.1, 0.15) is 5.75 Å². The molecule has 6 nitrogen and oxygen atoms in total. The Morgan fingerprint density at radius 3 is 2.68 bits per heavy atom. The highest BCUT2D eigenvalue weighted by Crippen LogP contribution is 2.49. The summed E-state index contributed by atoms with van der Waals surface area (Å²) in [5, 5.41) is 0.582. The molecular weight excluding hydrogens is 416 g/mol. The highest BCUT2D eigenvalue weighted by Gasteiger charge is 2.30. The van der Waals surface area contributed by atoms with Crippen molar-refractivity contribution >= 4 is 38.6 Å². The van der Waals surface area contributed by atoms with E-state index < -0.39 is 15.7 Å². The largest absolute Gasteiger partial charge is 0.446 e. The van der Waals surface area contributed by atoms with Crippen LogP contribution in [0.5, 0.6) is 10.8 Å². The van der Waals surface area contributed by atoms with Crippen LogP contribution < -0.4 is 10.5 Å². The molecule has 28 heavy (non-hydrogen) atoms. The van der Waals surface area contributed by atoms with Crippen molar-refractivity contribution in [3.63, 3.8) is 0 Å². The maximum Gasteiger partial charge on any atom is 0.259 e. The Kier molecular flexibility index (Phi) is 4.98. The summed E-state index contributed by atoms with van der Waals surface area (Å²) in [6.07, 6.45) is 3.95. The van der Waals surface area contributed by atoms with Crippen molar-refractivity contribution in [2.45, 2.75) is 31.1 Å². The van der Waals surface area contributed by atoms with Crippen LogP contribution in [0.2, 0.25) is 0 Å². The lowest BCUT2D eigenvalue weighted by atomic mass is 9.93. The molecular formula is C19H18N2O4S3. The molecule has 0 saturated carbocycles. The summed E-state index contributed by atoms with van der Waals surface area (Å²) in [5.74, 6) is 0.152. The van der Waals surface area contributed by atoms with Gasteiger partial charge in [-0.25, -0.2) is 12.8 Å². The Hall–Kier alpha value is -2.23. The number of rotatable bonds is 6. The van der Waals surface area contributed by atoms with Gasteiger partial charge in [-0.2, -0.15) is 0 Å². The van der Waals surface area contributed by atoms with Crippen LogP contribution in [0.3, 0.4) is 0 Å². The van der Waals surface area contributed by atoms with E-state index in [2.05, 4.69) is 4.37 Å². The van der Waals surface area contributed by atoms with E-state index in [1.807, 2.05) is 13.1 Å². The molecule has 0 saturated heterocycles. The van der Waals surface area contributed by atoms with Crippen LogP contribution in [0.1, 0.15) is 34.1 Å². The van der Waals surface area contributed by atoms with Crippen molar-refractivity contribution in [2.24, 2.45) is 5.73 Å². The quantitative estimate of drug-likeness (QED) is 0.631. The second kappa shape index (κ2) is 7.31. The number of hydrogen-bond donors (Lipinski definition) is 1. The Labute approximate surface area is 171 Å². The average molecular weight is 435 g/mol. The van der Waals surface area contributed by atoms with E-state index in [0.29, 0.717) is 28.5 Å². The molecule has 0 fully saturated rings. The maximum absolute atomic E-state index is 12.2. The number of fused-ring (bicyclic) bond motifs is 3. The molecule has 1 aromatic carbocycles. The second-order valence-electron chi connectivity index (χ2n) is 6.51. The Morgan fingerprint density at radius 2 is 2.00 bits per heavy atom. The first-order chi connectivity index (χ1) is 13.4. The van der Waals surface area contributed by atoms with E-state index in [4.69, 9.17) is 10.5 Å². The SMILES string of the molecule is CCCS(=O)(=O)c1ccc(Oc2sc(C(N)=O)c3c2-c2sncc2CC3)cc1. The van der Waals surface area contributed by atoms with Crippen molar-refractivity contribution < 1.29 is 17.9 Å². The van der Waals surface area contributed by atoms with Crippen LogP contribution in [0.25, 0.3) is 10.4 Å². The zero-order chi connectivity index (χ0) is 19.9. The predicted octanol–water partition coefficient (Wildman–Crippen LogP) is 4.05. The van der Waals surface area contributed by atoms with Crippen molar-refractivity contribution in [2.75, 3.05) is 5.75 Å². The lowest BCUT2D eigenvalue weighted by Crippen LogP contribution is -2.12. The van der Waals surface area contributed by atoms with Gasteiger partial charge >= 0.3 is 0 Å². The Balaban J connectivity index is 1.71. The van der Waals surface area contributed by atoms with Gasteiger partial charge in [-0.3, -0.25) is 4.79 Å². The number of benzene rings is 1. The van der Waals surface area contributed by atoms with Crippen LogP contribution in [-0.4, -0.2) is 24.5 Å². The first kappa shape index (κ1) is 19.1. The van der Waals surface area contributed by atoms with Gasteiger partial charge in [-0.05, 0) is 66.2 Å². The molecule has 1 aliphatic rings. The van der Waals surface area contributed by atoms with Gasteiger partial charge in [0.2, 0.25) is 0 Å². The van der Waals surface area contributed by atoms with Crippen molar-refractivity contribution in [3.8, 4) is 21.3 Å². The number of aromatic nitrogens is 1. The van der Waals surface area contributed by atoms with E-state index >= 15 is 0 Å². The molecule has 146 valence electrons. The topological polar surface area (TPSA) is 99.4 Å². The standard InChI is InChI=1S/C19H18N2O4S3/c1-2-9-28(23,24)13-6-4-12(5-7-13)25-19-15-14(17(26-19)18(20)22)8-3-11-10-21-27-16(11)15/h4-7,10H,2-3,8-9H2,1H3,(H2,20,22). The molecule has 1 aliphatic carbocycles. The molecule has 0 atom stereocenters. The number of primary amides is 1. The van der Waals surface area contributed by atoms with E-state index in [0.717, 1.165) is 28.0 Å². The van der Waals surface area contributed by atoms with Crippen LogP contribution in [0.4, 0.5) is 0 Å². The summed E-state index contributed by atoms with van der Waals surface area (Å²) in [7, 11) is -3.27. The lowest BCUT2D eigenvalue weighted by Gasteiger charge is -2.14. The fourth-order valence-corrected chi connectivity index (χ4v) is 6.63. The van der Waals surface area contributed by atoms with Gasteiger partial charge < -0.3 is 10.5 Å². The number of amides is 1. The van der Waals surface area contributed by atoms with Crippen LogP contribution >= 0.6 is 22.9 Å². The number of hydrogen-bond acceptors (Lipinski definition) is 7. The zero-order valence-electron chi connectivity index (χ0n) is 15.1. The van der Waals surface area contributed by atoms with E-state index in [1.165, 1.54) is 22.9 Å². The molecule has 3 aromatic rings. The number of thiophene rings is 1. The number of carbonyl (C=O) groups excluding carboxylic acids is 1. The molecule has 2 N–H and O–H groups in total. The minimum Gasteiger partial charge on any atom is -0.446 e. The van der Waals surface area contributed by atoms with Crippen LogP contribution in [-0.2, 0) is 22.7 Å². The monoisotopic (exact) mass is 434 g/mol. The average Bonchev–Trinajstić information content (AvgIpc) is 3.26. The van der Waals surface area contributed by atoms with Crippen molar-refractivity contribution in [1.82, 2.24) is 4.37 Å². The Bertz CT molecular complexity index is 1140. The molecule has 0 bridgehead atoms. The van der Waals surface area contributed by atoms with Gasteiger partial charge in [0.25, 0.3) is 5.91 Å². The van der Waals surface area contributed by atoms with Gasteiger partial charge in [0.15, 0.2) is 14.9 Å². The summed E-state index contributed by atoms with van der Waals surface area (Å²) in [6, 6.07) is 6.37. The normalized spacial score (nSPS) is 13.0. The summed E-state index contributed by atoms with van der Waals surface area (Å²) in [6.45, 7) is 1.83. The van der Waals surface area contributed by atoms with Crippen molar-refractivity contribution in [3.05, 3.63) is 46.5 Å². The molecule has 4 rings (SSSR count). The molecule has 2 heterocycles. The summed E-state index contributed by atoms with van der Waals surface area (Å²) < 4.78 is 34.7. The molecule has 0 unspecified atom stereocenters. The fourth-order valence-electron chi connectivity index (χ4n) is 3.29. The molecule has 0 spiro atoms. The number of nitrogens with two attached hydrogens (primary N) is 1. The molecule has 0 radical (unpaired) electrons. The number of ether oxygens (including phenoxy) is 1. The van der Waals surface area contributed by atoms with Crippen LogP contribution in [0.15, 0.2) is 35.4 Å². The van der Waals surface area contributed by atoms with Crippen LogP contribution in [0, 0.1) is 0 Å². The minimum atomic E-state index is -3.27. The predicted molar refractivity (Wildman–Crippen MR) is 110 cm³/mol. The minimum absolute atomic E-state index is 0.113. The van der Waals surface area contributed by atoms with Gasteiger partial charge in [-0.15, -0.1) is 0 Å². The number of carbonyl (C=O) groups is 1. The second-order valence-corrected chi connectivity index (χ2v) is 10.4. The highest BCUT2D eigenvalue weighted by atomic mass is 32.2. The number of sulfone groups is 1. The zero-order valence-corrected chi connectivity index (χ0v) is 17.5. The summed E-state index contributed by atoms with van der Waals surface area (Å²) in [4.78, 5) is 13.7. The molecule has 2 aromatic heterocycles. The number of aryl methyl sites for hydroxylation is 1. The third kappa shape index (κ3) is 3.34. The van der Waals surface area contributed by atoms with E-state index in [9.17, 15) is 13.2 Å².